The first kappa shape index (κ1) is 14.0. The zero-order valence-electron chi connectivity index (χ0n) is 10.9. The molecule has 0 amide bonds. The van der Waals surface area contributed by atoms with Gasteiger partial charge in [0, 0.05) is 0 Å². The Hall–Kier alpha value is -2.43. The second kappa shape index (κ2) is 5.69. The zero-order valence-corrected chi connectivity index (χ0v) is 10.9. The molecule has 0 aliphatic carbocycles. The van der Waals surface area contributed by atoms with Crippen LogP contribution in [0.15, 0.2) is 36.4 Å². The van der Waals surface area contributed by atoms with Gasteiger partial charge in [0.25, 0.3) is 0 Å². The maximum absolute atomic E-state index is 13.1. The number of carbonyl (C=O) groups is 1. The van der Waals surface area contributed by atoms with Crippen LogP contribution >= 0.6 is 0 Å². The number of halogens is 2. The van der Waals surface area contributed by atoms with Crippen LogP contribution in [0.25, 0.3) is 0 Å². The number of ether oxygens (including phenoxy) is 2. The molecule has 0 N–H and O–H groups in total. The van der Waals surface area contributed by atoms with E-state index in [0.29, 0.717) is 5.75 Å². The maximum atomic E-state index is 13.1. The van der Waals surface area contributed by atoms with Crippen LogP contribution in [0.5, 0.6) is 11.5 Å². The van der Waals surface area contributed by atoms with Gasteiger partial charge in [0.1, 0.15) is 0 Å². The average molecular weight is 278 g/mol. The number of esters is 1. The van der Waals surface area contributed by atoms with Crippen LogP contribution in [0.1, 0.15) is 15.9 Å². The zero-order chi connectivity index (χ0) is 14.7. The van der Waals surface area contributed by atoms with Gasteiger partial charge in [-0.1, -0.05) is 6.07 Å². The van der Waals surface area contributed by atoms with Crippen molar-refractivity contribution in [3.8, 4) is 11.5 Å². The van der Waals surface area contributed by atoms with Crippen LogP contribution in [0.2, 0.25) is 0 Å². The molecule has 2 aromatic carbocycles. The SMILES string of the molecule is COc1cc(C)ccc1OC(=O)c1ccc(F)c(F)c1. The van der Waals surface area contributed by atoms with E-state index in [0.717, 1.165) is 23.8 Å². The molecule has 0 spiro atoms. The van der Waals surface area contributed by atoms with E-state index >= 15 is 0 Å². The van der Waals surface area contributed by atoms with Gasteiger partial charge in [-0.05, 0) is 42.8 Å². The van der Waals surface area contributed by atoms with E-state index in [1.165, 1.54) is 7.11 Å². The molecule has 0 aliphatic heterocycles. The lowest BCUT2D eigenvalue weighted by atomic mass is 10.2. The molecular weight excluding hydrogens is 266 g/mol. The van der Waals surface area contributed by atoms with E-state index in [1.54, 1.807) is 18.2 Å². The molecule has 0 saturated carbocycles. The molecule has 0 unspecified atom stereocenters. The third-order valence-electron chi connectivity index (χ3n) is 2.68. The van der Waals surface area contributed by atoms with Crippen molar-refractivity contribution in [2.45, 2.75) is 6.92 Å². The summed E-state index contributed by atoms with van der Waals surface area (Å²) in [6.07, 6.45) is 0. The molecule has 0 aliphatic rings. The number of aryl methyl sites for hydroxylation is 1. The monoisotopic (exact) mass is 278 g/mol. The molecule has 0 bridgehead atoms. The lowest BCUT2D eigenvalue weighted by molar-refractivity contribution is 0.0729. The van der Waals surface area contributed by atoms with Crippen molar-refractivity contribution >= 4 is 5.97 Å². The molecule has 0 radical (unpaired) electrons. The number of benzene rings is 2. The number of methoxy groups -OCH3 is 1. The minimum Gasteiger partial charge on any atom is -0.493 e. The van der Waals surface area contributed by atoms with E-state index in [2.05, 4.69) is 0 Å². The van der Waals surface area contributed by atoms with Crippen LogP contribution in [0.4, 0.5) is 8.78 Å². The van der Waals surface area contributed by atoms with Crippen LogP contribution in [-0.4, -0.2) is 13.1 Å². The summed E-state index contributed by atoms with van der Waals surface area (Å²) in [7, 11) is 1.45. The lowest BCUT2D eigenvalue weighted by Crippen LogP contribution is -2.10. The predicted octanol–water partition coefficient (Wildman–Crippen LogP) is 3.50. The molecule has 2 aromatic rings. The van der Waals surface area contributed by atoms with E-state index in [1.807, 2.05) is 6.92 Å². The van der Waals surface area contributed by atoms with Crippen LogP contribution in [0, 0.1) is 18.6 Å². The second-order valence-corrected chi connectivity index (χ2v) is 4.17. The first-order chi connectivity index (χ1) is 9.51. The number of hydrogen-bond donors (Lipinski definition) is 0. The fourth-order valence-electron chi connectivity index (χ4n) is 1.64. The van der Waals surface area contributed by atoms with Crippen molar-refractivity contribution in [3.05, 3.63) is 59.2 Å². The van der Waals surface area contributed by atoms with Gasteiger partial charge in [0.2, 0.25) is 0 Å². The van der Waals surface area contributed by atoms with Gasteiger partial charge in [-0.25, -0.2) is 13.6 Å². The van der Waals surface area contributed by atoms with Crippen molar-refractivity contribution in [3.63, 3.8) is 0 Å². The van der Waals surface area contributed by atoms with Crippen LogP contribution < -0.4 is 9.47 Å². The molecule has 3 nitrogen and oxygen atoms in total. The fraction of sp³-hybridized carbons (Fsp3) is 0.133. The van der Waals surface area contributed by atoms with Crippen LogP contribution in [0.3, 0.4) is 0 Å². The lowest BCUT2D eigenvalue weighted by Gasteiger charge is -2.10. The number of rotatable bonds is 3. The van der Waals surface area contributed by atoms with Crippen molar-refractivity contribution in [2.75, 3.05) is 7.11 Å². The summed E-state index contributed by atoms with van der Waals surface area (Å²) in [6, 6.07) is 7.84. The molecule has 0 saturated heterocycles. The van der Waals surface area contributed by atoms with Gasteiger partial charge in [0.15, 0.2) is 23.1 Å². The van der Waals surface area contributed by atoms with E-state index < -0.39 is 17.6 Å². The first-order valence-corrected chi connectivity index (χ1v) is 5.83. The molecule has 0 fully saturated rings. The highest BCUT2D eigenvalue weighted by atomic mass is 19.2. The Kier molecular flexibility index (Phi) is 3.98. The normalized spacial score (nSPS) is 10.2. The van der Waals surface area contributed by atoms with E-state index in [4.69, 9.17) is 9.47 Å². The van der Waals surface area contributed by atoms with Crippen molar-refractivity contribution in [1.82, 2.24) is 0 Å². The average Bonchev–Trinajstić information content (AvgIpc) is 2.43. The molecule has 20 heavy (non-hydrogen) atoms. The summed E-state index contributed by atoms with van der Waals surface area (Å²) in [5.41, 5.74) is 0.862. The molecule has 0 atom stereocenters. The fourth-order valence-corrected chi connectivity index (χ4v) is 1.64. The molecule has 0 heterocycles. The molecule has 104 valence electrons. The van der Waals surface area contributed by atoms with E-state index in [9.17, 15) is 13.6 Å². The Labute approximate surface area is 114 Å². The Morgan fingerprint density at radius 2 is 1.75 bits per heavy atom. The highest BCUT2D eigenvalue weighted by Gasteiger charge is 2.14. The quantitative estimate of drug-likeness (QED) is 0.636. The van der Waals surface area contributed by atoms with Gasteiger partial charge in [-0.3, -0.25) is 0 Å². The Balaban J connectivity index is 2.25. The van der Waals surface area contributed by atoms with Crippen molar-refractivity contribution in [2.24, 2.45) is 0 Å². The van der Waals surface area contributed by atoms with Crippen molar-refractivity contribution in [1.29, 1.82) is 0 Å². The largest absolute Gasteiger partial charge is 0.493 e. The Morgan fingerprint density at radius 3 is 2.40 bits per heavy atom. The van der Waals surface area contributed by atoms with Gasteiger partial charge >= 0.3 is 5.97 Å². The molecule has 2 rings (SSSR count). The van der Waals surface area contributed by atoms with Gasteiger partial charge < -0.3 is 9.47 Å². The Bertz CT molecular complexity index is 654. The highest BCUT2D eigenvalue weighted by molar-refractivity contribution is 5.91. The predicted molar refractivity (Wildman–Crippen MR) is 69.0 cm³/mol. The first-order valence-electron chi connectivity index (χ1n) is 5.83. The molecule has 5 heteroatoms. The summed E-state index contributed by atoms with van der Waals surface area (Å²) in [5.74, 6) is -2.30. The minimum absolute atomic E-state index is 0.0773. The van der Waals surface area contributed by atoms with Gasteiger partial charge in [0.05, 0.1) is 12.7 Å². The summed E-state index contributed by atoms with van der Waals surface area (Å²) in [6.45, 7) is 1.86. The standard InChI is InChI=1S/C15H12F2O3/c1-9-3-6-13(14(7-9)19-2)20-15(18)10-4-5-11(16)12(17)8-10/h3-8H,1-2H3. The smallest absolute Gasteiger partial charge is 0.343 e. The summed E-state index contributed by atoms with van der Waals surface area (Å²) in [5, 5.41) is 0. The summed E-state index contributed by atoms with van der Waals surface area (Å²) in [4.78, 5) is 11.9. The number of carbonyl (C=O) groups excluding carboxylic acids is 1. The highest BCUT2D eigenvalue weighted by Crippen LogP contribution is 2.28. The third kappa shape index (κ3) is 2.93. The van der Waals surface area contributed by atoms with Gasteiger partial charge in [-0.2, -0.15) is 0 Å². The van der Waals surface area contributed by atoms with Crippen molar-refractivity contribution < 1.29 is 23.0 Å². The summed E-state index contributed by atoms with van der Waals surface area (Å²) < 4.78 is 36.1. The van der Waals surface area contributed by atoms with Gasteiger partial charge in [-0.15, -0.1) is 0 Å². The topological polar surface area (TPSA) is 35.5 Å². The summed E-state index contributed by atoms with van der Waals surface area (Å²) >= 11 is 0. The van der Waals surface area contributed by atoms with E-state index in [-0.39, 0.29) is 11.3 Å². The number of hydrogen-bond acceptors (Lipinski definition) is 3. The van der Waals surface area contributed by atoms with Crippen LogP contribution in [-0.2, 0) is 0 Å². The molecular formula is C15H12F2O3. The molecule has 0 aromatic heterocycles. The maximum Gasteiger partial charge on any atom is 0.343 e. The third-order valence-corrected chi connectivity index (χ3v) is 2.68. The second-order valence-electron chi connectivity index (χ2n) is 4.17. The Morgan fingerprint density at radius 1 is 1.00 bits per heavy atom. The minimum atomic E-state index is -1.10.